The van der Waals surface area contributed by atoms with Crippen LogP contribution in [0.1, 0.15) is 19.8 Å². The maximum Gasteiger partial charge on any atom is 0.304 e. The van der Waals surface area contributed by atoms with E-state index >= 15 is 0 Å². The van der Waals surface area contributed by atoms with Crippen molar-refractivity contribution in [1.29, 1.82) is 0 Å². The van der Waals surface area contributed by atoms with Crippen molar-refractivity contribution in [2.45, 2.75) is 19.8 Å². The Morgan fingerprint density at radius 2 is 2.10 bits per heavy atom. The lowest BCUT2D eigenvalue weighted by molar-refractivity contribution is -0.137. The highest BCUT2D eigenvalue weighted by molar-refractivity contribution is 5.66. The number of piperazine rings is 1. The number of ether oxygens (including phenoxy) is 1. The molecule has 1 aromatic heterocycles. The number of anilines is 1. The molecule has 1 fully saturated rings. The highest BCUT2D eigenvalue weighted by Gasteiger charge is 2.19. The summed E-state index contributed by atoms with van der Waals surface area (Å²) in [4.78, 5) is 23.5. The second kappa shape index (κ2) is 7.78. The highest BCUT2D eigenvalue weighted by Crippen LogP contribution is 2.16. The van der Waals surface area contributed by atoms with Crippen molar-refractivity contribution in [2.24, 2.45) is 0 Å². The van der Waals surface area contributed by atoms with Crippen LogP contribution in [0.3, 0.4) is 0 Å². The Labute approximate surface area is 124 Å². The average Bonchev–Trinajstić information content (AvgIpc) is 2.51. The van der Waals surface area contributed by atoms with E-state index in [0.717, 1.165) is 38.4 Å². The summed E-state index contributed by atoms with van der Waals surface area (Å²) < 4.78 is 5.50. The summed E-state index contributed by atoms with van der Waals surface area (Å²) in [6.07, 6.45) is 4.50. The van der Waals surface area contributed by atoms with Crippen molar-refractivity contribution in [2.75, 3.05) is 44.2 Å². The van der Waals surface area contributed by atoms with E-state index in [-0.39, 0.29) is 6.42 Å². The predicted molar refractivity (Wildman–Crippen MR) is 78.7 cm³/mol. The second-order valence-corrected chi connectivity index (χ2v) is 5.04. The molecule has 1 aliphatic rings. The zero-order valence-corrected chi connectivity index (χ0v) is 12.4. The molecule has 1 saturated heterocycles. The minimum Gasteiger partial charge on any atom is -0.481 e. The third kappa shape index (κ3) is 4.86. The molecule has 116 valence electrons. The van der Waals surface area contributed by atoms with E-state index in [9.17, 15) is 4.79 Å². The number of hydrogen-bond donors (Lipinski definition) is 1. The summed E-state index contributed by atoms with van der Waals surface area (Å²) in [5.41, 5.74) is 0. The minimum atomic E-state index is -0.746. The van der Waals surface area contributed by atoms with Crippen LogP contribution in [0.15, 0.2) is 12.4 Å². The van der Waals surface area contributed by atoms with Gasteiger partial charge in [0.25, 0.3) is 0 Å². The topological polar surface area (TPSA) is 78.8 Å². The summed E-state index contributed by atoms with van der Waals surface area (Å²) in [5, 5.41) is 8.71. The molecule has 2 heterocycles. The molecule has 21 heavy (non-hydrogen) atoms. The lowest BCUT2D eigenvalue weighted by Gasteiger charge is -2.35. The van der Waals surface area contributed by atoms with Gasteiger partial charge in [-0.3, -0.25) is 14.7 Å². The predicted octanol–water partition coefficient (Wildman–Crippen LogP) is 0.862. The Balaban J connectivity index is 1.85. The van der Waals surface area contributed by atoms with E-state index in [1.165, 1.54) is 0 Å². The monoisotopic (exact) mass is 294 g/mol. The van der Waals surface area contributed by atoms with Crippen molar-refractivity contribution in [3.63, 3.8) is 0 Å². The van der Waals surface area contributed by atoms with Crippen LogP contribution in [0.2, 0.25) is 0 Å². The fourth-order valence-corrected chi connectivity index (χ4v) is 2.22. The van der Waals surface area contributed by atoms with E-state index in [1.807, 2.05) is 6.92 Å². The van der Waals surface area contributed by atoms with Crippen molar-refractivity contribution in [1.82, 2.24) is 14.9 Å². The van der Waals surface area contributed by atoms with Gasteiger partial charge >= 0.3 is 5.97 Å². The first-order valence-corrected chi connectivity index (χ1v) is 7.33. The second-order valence-electron chi connectivity index (χ2n) is 5.04. The number of carboxylic acids is 1. The maximum atomic E-state index is 10.6. The molecule has 0 radical (unpaired) electrons. The molecule has 0 amide bonds. The first kappa shape index (κ1) is 15.5. The van der Waals surface area contributed by atoms with Crippen LogP contribution < -0.4 is 9.64 Å². The molecule has 0 saturated carbocycles. The first-order valence-electron chi connectivity index (χ1n) is 7.33. The molecule has 0 atom stereocenters. The molecular formula is C14H22N4O3. The Morgan fingerprint density at radius 3 is 2.76 bits per heavy atom. The van der Waals surface area contributed by atoms with Gasteiger partial charge in [0.2, 0.25) is 5.88 Å². The molecule has 2 rings (SSSR count). The van der Waals surface area contributed by atoms with Crippen molar-refractivity contribution in [3.05, 3.63) is 12.4 Å². The van der Waals surface area contributed by atoms with Crippen molar-refractivity contribution in [3.8, 4) is 5.88 Å². The normalized spacial score (nSPS) is 16.0. The van der Waals surface area contributed by atoms with Crippen LogP contribution in [-0.2, 0) is 4.79 Å². The van der Waals surface area contributed by atoms with Gasteiger partial charge in [0, 0.05) is 32.7 Å². The molecule has 0 aromatic carbocycles. The van der Waals surface area contributed by atoms with Gasteiger partial charge < -0.3 is 14.7 Å². The van der Waals surface area contributed by atoms with Crippen LogP contribution in [0, 0.1) is 0 Å². The zero-order chi connectivity index (χ0) is 15.1. The van der Waals surface area contributed by atoms with Crippen LogP contribution in [0.4, 0.5) is 5.82 Å². The number of aliphatic carboxylic acids is 1. The summed E-state index contributed by atoms with van der Waals surface area (Å²) >= 11 is 0. The smallest absolute Gasteiger partial charge is 0.304 e. The summed E-state index contributed by atoms with van der Waals surface area (Å²) in [6, 6.07) is 0. The lowest BCUT2D eigenvalue weighted by Crippen LogP contribution is -2.47. The number of nitrogens with zero attached hydrogens (tertiary/aromatic N) is 4. The fourth-order valence-electron chi connectivity index (χ4n) is 2.22. The number of aromatic nitrogens is 2. The van der Waals surface area contributed by atoms with Crippen LogP contribution >= 0.6 is 0 Å². The Hall–Kier alpha value is -1.89. The molecule has 7 nitrogen and oxygen atoms in total. The maximum absolute atomic E-state index is 10.6. The fraction of sp³-hybridized carbons (Fsp3) is 0.643. The molecule has 7 heteroatoms. The minimum absolute atomic E-state index is 0.195. The largest absolute Gasteiger partial charge is 0.481 e. The van der Waals surface area contributed by atoms with Gasteiger partial charge in [-0.15, -0.1) is 0 Å². The molecule has 0 spiro atoms. The van der Waals surface area contributed by atoms with Gasteiger partial charge in [-0.1, -0.05) is 6.92 Å². The molecule has 0 bridgehead atoms. The van der Waals surface area contributed by atoms with E-state index in [1.54, 1.807) is 12.4 Å². The van der Waals surface area contributed by atoms with Gasteiger partial charge in [-0.2, -0.15) is 4.98 Å². The van der Waals surface area contributed by atoms with Crippen LogP contribution in [-0.4, -0.2) is 65.3 Å². The Morgan fingerprint density at radius 1 is 1.33 bits per heavy atom. The SMILES string of the molecule is CCCOc1cncc(N2CCN(CCC(=O)O)CC2)n1. The third-order valence-electron chi connectivity index (χ3n) is 3.39. The van der Waals surface area contributed by atoms with E-state index in [4.69, 9.17) is 9.84 Å². The molecular weight excluding hydrogens is 272 g/mol. The standard InChI is InChI=1S/C14H22N4O3/c1-2-9-21-13-11-15-10-12(16-13)18-7-5-17(6-8-18)4-3-14(19)20/h10-11H,2-9H2,1H3,(H,19,20). The van der Waals surface area contributed by atoms with Crippen LogP contribution in [0.25, 0.3) is 0 Å². The summed E-state index contributed by atoms with van der Waals surface area (Å²) in [6.45, 7) is 6.63. The number of hydrogen-bond acceptors (Lipinski definition) is 6. The van der Waals surface area contributed by atoms with Gasteiger partial charge in [-0.25, -0.2) is 0 Å². The van der Waals surface area contributed by atoms with Crippen molar-refractivity contribution < 1.29 is 14.6 Å². The Bertz CT molecular complexity index is 461. The van der Waals surface area contributed by atoms with E-state index in [2.05, 4.69) is 19.8 Å². The van der Waals surface area contributed by atoms with Crippen molar-refractivity contribution >= 4 is 11.8 Å². The summed E-state index contributed by atoms with van der Waals surface area (Å²) in [5.74, 6) is 0.633. The van der Waals surface area contributed by atoms with Crippen LogP contribution in [0.5, 0.6) is 5.88 Å². The lowest BCUT2D eigenvalue weighted by atomic mass is 10.3. The first-order chi connectivity index (χ1) is 10.2. The zero-order valence-electron chi connectivity index (χ0n) is 12.4. The molecule has 0 unspecified atom stereocenters. The third-order valence-corrected chi connectivity index (χ3v) is 3.39. The van der Waals surface area contributed by atoms with E-state index < -0.39 is 5.97 Å². The number of carbonyl (C=O) groups is 1. The molecule has 1 N–H and O–H groups in total. The molecule has 1 aromatic rings. The van der Waals surface area contributed by atoms with Gasteiger partial charge in [-0.05, 0) is 6.42 Å². The quantitative estimate of drug-likeness (QED) is 0.799. The van der Waals surface area contributed by atoms with Gasteiger partial charge in [0.05, 0.1) is 25.4 Å². The Kier molecular flexibility index (Phi) is 5.74. The highest BCUT2D eigenvalue weighted by atomic mass is 16.5. The molecule has 1 aliphatic heterocycles. The number of carboxylic acid groups (broad SMARTS) is 1. The summed E-state index contributed by atoms with van der Waals surface area (Å²) in [7, 11) is 0. The van der Waals surface area contributed by atoms with Gasteiger partial charge in [0.15, 0.2) is 5.82 Å². The van der Waals surface area contributed by atoms with Gasteiger partial charge in [0.1, 0.15) is 0 Å². The number of rotatable bonds is 7. The average molecular weight is 294 g/mol. The van der Waals surface area contributed by atoms with E-state index in [0.29, 0.717) is 19.0 Å². The molecule has 0 aliphatic carbocycles.